The summed E-state index contributed by atoms with van der Waals surface area (Å²) < 4.78 is 24.5. The van der Waals surface area contributed by atoms with E-state index >= 15 is 0 Å². The Bertz CT molecular complexity index is 520. The number of hydrogen-bond donors (Lipinski definition) is 0. The van der Waals surface area contributed by atoms with Crippen LogP contribution in [0.1, 0.15) is 31.4 Å². The first-order chi connectivity index (χ1) is 9.68. The molecule has 5 heteroatoms. The monoisotopic (exact) mass is 276 g/mol. The molecule has 20 heavy (non-hydrogen) atoms. The molecule has 1 aromatic heterocycles. The van der Waals surface area contributed by atoms with Crippen molar-refractivity contribution in [3.05, 3.63) is 29.8 Å². The summed E-state index contributed by atoms with van der Waals surface area (Å²) in [7, 11) is 0. The van der Waals surface area contributed by atoms with Gasteiger partial charge in [0.05, 0.1) is 24.5 Å². The lowest BCUT2D eigenvalue weighted by molar-refractivity contribution is -0.107. The van der Waals surface area contributed by atoms with Gasteiger partial charge in [-0.25, -0.2) is 4.39 Å². The summed E-state index contributed by atoms with van der Waals surface area (Å²) in [5, 5.41) is 9.21. The van der Waals surface area contributed by atoms with Gasteiger partial charge in [0.15, 0.2) is 0 Å². The van der Waals surface area contributed by atoms with E-state index in [4.69, 9.17) is 9.47 Å². The van der Waals surface area contributed by atoms with E-state index in [1.54, 1.807) is 6.07 Å². The van der Waals surface area contributed by atoms with E-state index in [0.29, 0.717) is 32.7 Å². The van der Waals surface area contributed by atoms with E-state index in [1.165, 1.54) is 12.3 Å². The molecule has 0 saturated carbocycles. The first kappa shape index (κ1) is 13.5. The standard InChI is InChI=1S/C15H17FN2O2/c16-12-1-2-13(18-9-12)14(3-6-17)4-8-20-15(10-14)5-7-19-11-15/h1-2,9H,3-5,7-8,10-11H2/t14-,15-/m1/s1. The molecule has 3 rings (SSSR count). The van der Waals surface area contributed by atoms with Crippen molar-refractivity contribution in [3.63, 3.8) is 0 Å². The molecule has 1 aromatic rings. The molecular formula is C15H17FN2O2. The zero-order valence-corrected chi connectivity index (χ0v) is 11.3. The molecule has 2 aliphatic heterocycles. The van der Waals surface area contributed by atoms with Crippen molar-refractivity contribution in [2.24, 2.45) is 0 Å². The molecule has 3 heterocycles. The Balaban J connectivity index is 1.95. The third-order valence-electron chi connectivity index (χ3n) is 4.40. The largest absolute Gasteiger partial charge is 0.378 e. The maximum Gasteiger partial charge on any atom is 0.141 e. The molecule has 106 valence electrons. The van der Waals surface area contributed by atoms with Gasteiger partial charge in [-0.1, -0.05) is 0 Å². The minimum absolute atomic E-state index is 0.300. The fraction of sp³-hybridized carbons (Fsp3) is 0.600. The van der Waals surface area contributed by atoms with Crippen LogP contribution in [0, 0.1) is 17.1 Å². The highest BCUT2D eigenvalue weighted by Crippen LogP contribution is 2.46. The molecule has 0 unspecified atom stereocenters. The van der Waals surface area contributed by atoms with E-state index in [2.05, 4.69) is 11.1 Å². The predicted octanol–water partition coefficient (Wildman–Crippen LogP) is 2.34. The predicted molar refractivity (Wildman–Crippen MR) is 69.5 cm³/mol. The molecule has 2 fully saturated rings. The number of rotatable bonds is 2. The Kier molecular flexibility index (Phi) is 3.45. The third-order valence-corrected chi connectivity index (χ3v) is 4.40. The van der Waals surface area contributed by atoms with Crippen molar-refractivity contribution in [2.45, 2.75) is 36.7 Å². The maximum atomic E-state index is 13.1. The van der Waals surface area contributed by atoms with Crippen LogP contribution in [0.5, 0.6) is 0 Å². The number of aromatic nitrogens is 1. The van der Waals surface area contributed by atoms with Gasteiger partial charge in [0.1, 0.15) is 5.82 Å². The Morgan fingerprint density at radius 3 is 2.90 bits per heavy atom. The van der Waals surface area contributed by atoms with Gasteiger partial charge in [0.2, 0.25) is 0 Å². The molecule has 2 aliphatic rings. The Hall–Kier alpha value is -1.51. The Morgan fingerprint density at radius 2 is 2.25 bits per heavy atom. The second-order valence-corrected chi connectivity index (χ2v) is 5.74. The van der Waals surface area contributed by atoms with Crippen molar-refractivity contribution in [1.29, 1.82) is 5.26 Å². The first-order valence-corrected chi connectivity index (χ1v) is 6.89. The Labute approximate surface area is 117 Å². The lowest BCUT2D eigenvalue weighted by Gasteiger charge is -2.44. The highest BCUT2D eigenvalue weighted by Gasteiger charge is 2.49. The molecule has 0 N–H and O–H groups in total. The molecule has 0 bridgehead atoms. The van der Waals surface area contributed by atoms with Crippen LogP contribution in [0.4, 0.5) is 4.39 Å². The van der Waals surface area contributed by atoms with Crippen LogP contribution in [0.3, 0.4) is 0 Å². The number of hydrogen-bond acceptors (Lipinski definition) is 4. The molecule has 0 radical (unpaired) electrons. The molecule has 0 aromatic carbocycles. The topological polar surface area (TPSA) is 55.1 Å². The Morgan fingerprint density at radius 1 is 1.35 bits per heavy atom. The van der Waals surface area contributed by atoms with Crippen LogP contribution in [0.15, 0.2) is 18.3 Å². The van der Waals surface area contributed by atoms with Crippen molar-refractivity contribution >= 4 is 0 Å². The van der Waals surface area contributed by atoms with E-state index in [9.17, 15) is 9.65 Å². The molecule has 0 amide bonds. The van der Waals surface area contributed by atoms with Gasteiger partial charge >= 0.3 is 0 Å². The number of ether oxygens (including phenoxy) is 2. The van der Waals surface area contributed by atoms with Crippen LogP contribution >= 0.6 is 0 Å². The van der Waals surface area contributed by atoms with Gasteiger partial charge in [0, 0.05) is 37.2 Å². The second-order valence-electron chi connectivity index (χ2n) is 5.74. The van der Waals surface area contributed by atoms with Crippen LogP contribution in [0.2, 0.25) is 0 Å². The van der Waals surface area contributed by atoms with Gasteiger partial charge < -0.3 is 9.47 Å². The van der Waals surface area contributed by atoms with Gasteiger partial charge in [-0.15, -0.1) is 0 Å². The van der Waals surface area contributed by atoms with Gasteiger partial charge in [-0.3, -0.25) is 4.98 Å². The van der Waals surface area contributed by atoms with Gasteiger partial charge in [-0.2, -0.15) is 5.26 Å². The summed E-state index contributed by atoms with van der Waals surface area (Å²) in [5.41, 5.74) is 0.134. The summed E-state index contributed by atoms with van der Waals surface area (Å²) in [6.07, 6.45) is 3.90. The van der Waals surface area contributed by atoms with Crippen molar-refractivity contribution < 1.29 is 13.9 Å². The number of pyridine rings is 1. The summed E-state index contributed by atoms with van der Waals surface area (Å²) in [6.45, 7) is 1.85. The molecule has 1 spiro atoms. The first-order valence-electron chi connectivity index (χ1n) is 6.89. The average molecular weight is 276 g/mol. The quantitative estimate of drug-likeness (QED) is 0.832. The van der Waals surface area contributed by atoms with E-state index < -0.39 is 0 Å². The minimum atomic E-state index is -0.355. The summed E-state index contributed by atoms with van der Waals surface area (Å²) in [5.74, 6) is -0.355. The van der Waals surface area contributed by atoms with Crippen molar-refractivity contribution in [1.82, 2.24) is 4.98 Å². The number of halogens is 1. The SMILES string of the molecule is N#CC[C@@]1(c2ccc(F)cn2)CCO[C@]2(CCOC2)C1. The summed E-state index contributed by atoms with van der Waals surface area (Å²) >= 11 is 0. The normalized spacial score (nSPS) is 33.2. The van der Waals surface area contributed by atoms with Crippen LogP contribution in [-0.2, 0) is 14.9 Å². The zero-order chi connectivity index (χ0) is 14.1. The highest BCUT2D eigenvalue weighted by molar-refractivity contribution is 5.22. The van der Waals surface area contributed by atoms with Gasteiger partial charge in [-0.05, 0) is 25.0 Å². The van der Waals surface area contributed by atoms with Crippen LogP contribution in [-0.4, -0.2) is 30.4 Å². The molecule has 2 saturated heterocycles. The van der Waals surface area contributed by atoms with E-state index in [-0.39, 0.29) is 16.8 Å². The van der Waals surface area contributed by atoms with Crippen LogP contribution < -0.4 is 0 Å². The molecule has 2 atom stereocenters. The molecule has 4 nitrogen and oxygen atoms in total. The minimum Gasteiger partial charge on any atom is -0.378 e. The average Bonchev–Trinajstić information content (AvgIpc) is 2.87. The maximum absolute atomic E-state index is 13.1. The molecule has 0 aliphatic carbocycles. The smallest absolute Gasteiger partial charge is 0.141 e. The fourth-order valence-corrected chi connectivity index (χ4v) is 3.36. The summed E-state index contributed by atoms with van der Waals surface area (Å²) in [6, 6.07) is 5.37. The lowest BCUT2D eigenvalue weighted by Crippen LogP contribution is -2.48. The van der Waals surface area contributed by atoms with E-state index in [0.717, 1.165) is 18.5 Å². The number of nitrogens with zero attached hydrogens (tertiary/aromatic N) is 2. The highest BCUT2D eigenvalue weighted by atomic mass is 19.1. The lowest BCUT2D eigenvalue weighted by atomic mass is 9.68. The zero-order valence-electron chi connectivity index (χ0n) is 11.3. The van der Waals surface area contributed by atoms with Crippen LogP contribution in [0.25, 0.3) is 0 Å². The number of nitriles is 1. The summed E-state index contributed by atoms with van der Waals surface area (Å²) in [4.78, 5) is 4.22. The third kappa shape index (κ3) is 2.30. The fourth-order valence-electron chi connectivity index (χ4n) is 3.36. The van der Waals surface area contributed by atoms with Crippen molar-refractivity contribution in [2.75, 3.05) is 19.8 Å². The molecular weight excluding hydrogens is 259 g/mol. The second kappa shape index (κ2) is 5.12. The van der Waals surface area contributed by atoms with E-state index in [1.807, 2.05) is 0 Å². The van der Waals surface area contributed by atoms with Gasteiger partial charge in [0.25, 0.3) is 0 Å². The van der Waals surface area contributed by atoms with Crippen molar-refractivity contribution in [3.8, 4) is 6.07 Å².